The van der Waals surface area contributed by atoms with Gasteiger partial charge in [0.25, 0.3) is 6.71 Å². The molecule has 0 spiro atoms. The van der Waals surface area contributed by atoms with Gasteiger partial charge in [0.1, 0.15) is 0 Å². The van der Waals surface area contributed by atoms with Gasteiger partial charge in [-0.25, -0.2) is 0 Å². The number of para-hydroxylation sites is 6. The van der Waals surface area contributed by atoms with Crippen LogP contribution in [0.2, 0.25) is 0 Å². The fourth-order valence-corrected chi connectivity index (χ4v) is 15.9. The molecule has 6 aromatic heterocycles. The third-order valence-electron chi connectivity index (χ3n) is 19.9. The topological polar surface area (TPSA) is 45.5 Å². The molecule has 0 bridgehead atoms. The van der Waals surface area contributed by atoms with E-state index in [2.05, 4.69) is 0 Å². The smallest absolute Gasteiger partial charge is 0.252 e. The first-order chi connectivity index (χ1) is 58.0. The molecule has 13 aromatic carbocycles. The summed E-state index contributed by atoms with van der Waals surface area (Å²) < 4.78 is 232. The highest BCUT2D eigenvalue weighted by atomic mass is 15.1. The van der Waals surface area contributed by atoms with E-state index in [-0.39, 0.29) is 122 Å². The van der Waals surface area contributed by atoms with Gasteiger partial charge in [0.15, 0.2) is 0 Å². The molecule has 0 radical (unpaired) electrons. The van der Waals surface area contributed by atoms with Crippen molar-refractivity contribution >= 4 is 153 Å². The van der Waals surface area contributed by atoms with Crippen LogP contribution in [0.5, 0.6) is 0 Å². The number of benzene rings is 13. The fraction of sp³-hybridized carbons (Fsp3) is 0.0435. The summed E-state index contributed by atoms with van der Waals surface area (Å²) in [5.74, 6) is 0. The van der Waals surface area contributed by atoms with Gasteiger partial charge < -0.3 is 18.3 Å². The molecule has 7 heteroatoms. The Kier molecular flexibility index (Phi) is 8.10. The quantitative estimate of drug-likeness (QED) is 0.165. The average Bonchev–Trinajstić information content (AvgIpc) is 1.57. The number of hydrogen-bond acceptors (Lipinski definition) is 2. The molecule has 0 unspecified atom stereocenters. The lowest BCUT2D eigenvalue weighted by atomic mass is 9.34. The number of aromatic nitrogens is 6. The number of pyridine rings is 2. The highest BCUT2D eigenvalue weighted by molar-refractivity contribution is 7.00. The van der Waals surface area contributed by atoms with Crippen LogP contribution in [0, 0.1) is 0 Å². The van der Waals surface area contributed by atoms with Crippen LogP contribution in [0.4, 0.5) is 0 Å². The zero-order valence-electron chi connectivity index (χ0n) is 75.1. The molecular weight excluding hydrogens is 1200 g/mol. The minimum absolute atomic E-state index is 0.00384. The van der Waals surface area contributed by atoms with Crippen molar-refractivity contribution in [2.75, 3.05) is 0 Å². The van der Waals surface area contributed by atoms with Crippen molar-refractivity contribution in [3.05, 3.63) is 321 Å². The van der Waals surface area contributed by atoms with Gasteiger partial charge in [-0.15, -0.1) is 0 Å². The molecule has 8 heterocycles. The van der Waals surface area contributed by atoms with E-state index < -0.39 is 133 Å². The van der Waals surface area contributed by atoms with Crippen LogP contribution in [0.3, 0.4) is 0 Å². The summed E-state index contributed by atoms with van der Waals surface area (Å²) in [4.78, 5) is 10.2. The predicted octanol–water partition coefficient (Wildman–Crippen LogP) is 21.5. The molecule has 0 N–H and O–H groups in total. The molecule has 0 saturated carbocycles. The van der Waals surface area contributed by atoms with Crippen molar-refractivity contribution in [1.29, 1.82) is 0 Å². The Balaban J connectivity index is 1.17. The number of fused-ring (bicyclic) bond motifs is 24. The molecule has 2 aliphatic heterocycles. The van der Waals surface area contributed by atoms with E-state index in [1.54, 1.807) is 48.8 Å². The molecule has 462 valence electrons. The van der Waals surface area contributed by atoms with Gasteiger partial charge in [-0.1, -0.05) is 251 Å². The first-order valence-electron chi connectivity index (χ1n) is 43.6. The number of nitrogens with zero attached hydrogens (tertiary/aromatic N) is 6. The monoisotopic (exact) mass is 1280 g/mol. The van der Waals surface area contributed by atoms with E-state index >= 15 is 0 Å². The first kappa shape index (κ1) is 38.2. The standard InChI is InChI=1S/C92H61BN6/c1-92(2,3)56-54-83-87-84(55-56)99-89-70(39-25-41-72(89)76-43-21-23-53-95-76)62-31-7-5-27-58(62)60-29-9-11-37-68(60)86-82(97-79-46-18-14-34-65(79)66-35-15-19-47-80(66)97)51-49-74(91(86)99)93(87)73-48-50-81(96-77-44-16-12-32-63(77)64-33-13-17-45-78(64)96)85-67-36-10-8-28-59(67)57-26-4-6-30-61(57)69-38-24-40-71(75-42-20-22-52-94-75)88(69)98(83)90(73)85/h4-55H,1-3H3/i12D,13D,14D,15D,16D,17D,18D,19D,32D,33D,34D,35D,44D,45D,46D,47D,48D,49D,50D,51D,54D,55D. The van der Waals surface area contributed by atoms with Gasteiger partial charge in [-0.3, -0.25) is 9.97 Å². The normalized spacial score (nSPS) is 15.7. The third-order valence-corrected chi connectivity index (χ3v) is 19.9. The summed E-state index contributed by atoms with van der Waals surface area (Å²) in [5.41, 5.74) is -0.878. The van der Waals surface area contributed by atoms with Gasteiger partial charge in [0.2, 0.25) is 0 Å². The van der Waals surface area contributed by atoms with Crippen molar-refractivity contribution in [2.24, 2.45) is 0 Å². The van der Waals surface area contributed by atoms with Crippen LogP contribution in [0.25, 0.3) is 176 Å². The van der Waals surface area contributed by atoms with E-state index in [0.29, 0.717) is 87.4 Å². The van der Waals surface area contributed by atoms with Crippen molar-refractivity contribution in [3.63, 3.8) is 0 Å². The van der Waals surface area contributed by atoms with E-state index in [1.807, 2.05) is 163 Å². The molecule has 0 amide bonds. The van der Waals surface area contributed by atoms with Gasteiger partial charge in [-0.2, -0.15) is 0 Å². The van der Waals surface area contributed by atoms with Crippen molar-refractivity contribution in [1.82, 2.24) is 28.2 Å². The van der Waals surface area contributed by atoms with Gasteiger partial charge >= 0.3 is 0 Å². The second-order valence-corrected chi connectivity index (χ2v) is 26.1. The van der Waals surface area contributed by atoms with E-state index in [4.69, 9.17) is 9.97 Å². The van der Waals surface area contributed by atoms with Crippen LogP contribution >= 0.6 is 0 Å². The molecule has 19 aromatic rings. The first-order valence-corrected chi connectivity index (χ1v) is 32.6. The highest BCUT2D eigenvalue weighted by Gasteiger charge is 2.42. The van der Waals surface area contributed by atoms with Crippen LogP contribution < -0.4 is 16.4 Å². The van der Waals surface area contributed by atoms with Crippen molar-refractivity contribution in [3.8, 4) is 45.3 Å². The van der Waals surface area contributed by atoms with Crippen LogP contribution in [0.15, 0.2) is 315 Å². The number of rotatable bonds is 4. The molecule has 21 rings (SSSR count). The molecule has 99 heavy (non-hydrogen) atoms. The minimum atomic E-state index is -1.75. The summed E-state index contributed by atoms with van der Waals surface area (Å²) in [7, 11) is 0. The summed E-state index contributed by atoms with van der Waals surface area (Å²) in [6, 6.07) is 37.5. The largest absolute Gasteiger partial charge is 0.309 e. The summed E-state index contributed by atoms with van der Waals surface area (Å²) >= 11 is 0. The Bertz CT molecular complexity index is 7670. The Labute approximate surface area is 601 Å². The zero-order chi connectivity index (χ0) is 84.5. The van der Waals surface area contributed by atoms with Gasteiger partial charge in [-0.05, 0) is 143 Å². The van der Waals surface area contributed by atoms with Crippen LogP contribution in [0.1, 0.15) is 56.5 Å². The lowest BCUT2D eigenvalue weighted by Crippen LogP contribution is -2.60. The minimum Gasteiger partial charge on any atom is -0.309 e. The predicted molar refractivity (Wildman–Crippen MR) is 419 cm³/mol. The van der Waals surface area contributed by atoms with E-state index in [9.17, 15) is 30.2 Å². The molecule has 2 aliphatic rings. The Morgan fingerprint density at radius 3 is 1.00 bits per heavy atom. The SMILES string of the molecule is [2H]c1c2c3c(c([2H])c1C(C)(C)C)-n1c4c(-c5ccccn5)cccc4c4ccccc4c4ccccc4c4c(-n5c6c([2H])c([2H])c([2H])c([2H])c6c6c([2H])c([2H])c([2H])c([2H])c65)c([2H])c([2H])c(c41)B3c1c([2H])c([2H])c(-n3c4c([2H])c([2H])c([2H])c([2H])c4c4c([2H])c([2H])c([2H])c([2H])c43)c3c4ccccc4c4ccccc4c4cccc(-c5ccccn5)c4n-2c13. The second kappa shape index (κ2) is 21.0. The number of hydrogen-bond donors (Lipinski definition) is 0. The molecule has 0 fully saturated rings. The van der Waals surface area contributed by atoms with Crippen LogP contribution in [-0.2, 0) is 5.41 Å². The van der Waals surface area contributed by atoms with Crippen molar-refractivity contribution in [2.45, 2.75) is 26.2 Å². The Morgan fingerprint density at radius 1 is 0.303 bits per heavy atom. The van der Waals surface area contributed by atoms with Gasteiger partial charge in [0, 0.05) is 78.0 Å². The fourth-order valence-electron chi connectivity index (χ4n) is 15.9. The summed E-state index contributed by atoms with van der Waals surface area (Å²) in [6.45, 7) is 3.90. The Morgan fingerprint density at radius 2 is 0.636 bits per heavy atom. The van der Waals surface area contributed by atoms with Crippen molar-refractivity contribution < 1.29 is 30.2 Å². The van der Waals surface area contributed by atoms with E-state index in [0.717, 1.165) is 0 Å². The maximum absolute atomic E-state index is 11.8. The van der Waals surface area contributed by atoms with E-state index in [1.165, 1.54) is 9.13 Å². The molecule has 0 aliphatic carbocycles. The molecule has 6 nitrogen and oxygen atoms in total. The summed E-state index contributed by atoms with van der Waals surface area (Å²) in [5, 5.41) is 3.77. The maximum Gasteiger partial charge on any atom is 0.252 e. The Hall–Kier alpha value is -12.6. The lowest BCUT2D eigenvalue weighted by Gasteiger charge is -2.38. The highest BCUT2D eigenvalue weighted by Crippen LogP contribution is 2.48. The van der Waals surface area contributed by atoms with Gasteiger partial charge in [0.05, 0.1) is 97.1 Å². The lowest BCUT2D eigenvalue weighted by molar-refractivity contribution is 0.589. The second-order valence-electron chi connectivity index (χ2n) is 26.1. The summed E-state index contributed by atoms with van der Waals surface area (Å²) in [6.07, 6.45) is 3.28. The maximum atomic E-state index is 11.8. The molecule has 0 saturated heterocycles. The molecule has 0 atom stereocenters. The molecular formula is C92H61BN6. The van der Waals surface area contributed by atoms with Crippen LogP contribution in [-0.4, -0.2) is 34.9 Å². The third kappa shape index (κ3) is 7.84. The average molecular weight is 1280 g/mol. The zero-order valence-corrected chi connectivity index (χ0v) is 53.1.